The van der Waals surface area contributed by atoms with Crippen LogP contribution in [0, 0.1) is 5.82 Å². The average molecular weight is 381 g/mol. The topological polar surface area (TPSA) is 64.4 Å². The van der Waals surface area contributed by atoms with Gasteiger partial charge in [-0.05, 0) is 48.2 Å². The number of hydrogen-bond acceptors (Lipinski definition) is 3. The van der Waals surface area contributed by atoms with E-state index >= 15 is 0 Å². The summed E-state index contributed by atoms with van der Waals surface area (Å²) >= 11 is 0. The fraction of sp³-hybridized carbons (Fsp3) is 0.350. The standard InChI is InChI=1S/C20H25FN2O2.ClH/c1-3-4-18(22)20(24)23-19(13-14-5-9-16(21)10-6-14)15-7-11-17(25-2)12-8-15;/h5-12,18-19H,3-4,13,22H2,1-2H3,(H,23,24);1H. The van der Waals surface area contributed by atoms with Gasteiger partial charge >= 0.3 is 0 Å². The first-order valence-corrected chi connectivity index (χ1v) is 8.47. The van der Waals surface area contributed by atoms with Crippen molar-refractivity contribution < 1.29 is 13.9 Å². The number of ether oxygens (including phenoxy) is 1. The van der Waals surface area contributed by atoms with Gasteiger partial charge in [-0.2, -0.15) is 0 Å². The van der Waals surface area contributed by atoms with Crippen LogP contribution < -0.4 is 15.8 Å². The summed E-state index contributed by atoms with van der Waals surface area (Å²) in [6, 6.07) is 13.1. The molecule has 6 heteroatoms. The minimum absolute atomic E-state index is 0. The molecule has 0 aliphatic rings. The van der Waals surface area contributed by atoms with Crippen molar-refractivity contribution >= 4 is 18.3 Å². The minimum Gasteiger partial charge on any atom is -0.497 e. The van der Waals surface area contributed by atoms with Crippen molar-refractivity contribution in [1.82, 2.24) is 5.32 Å². The van der Waals surface area contributed by atoms with Crippen LogP contribution >= 0.6 is 12.4 Å². The number of amides is 1. The van der Waals surface area contributed by atoms with E-state index in [4.69, 9.17) is 10.5 Å². The molecule has 4 nitrogen and oxygen atoms in total. The molecule has 142 valence electrons. The molecule has 0 saturated heterocycles. The Morgan fingerprint density at radius 2 is 1.77 bits per heavy atom. The summed E-state index contributed by atoms with van der Waals surface area (Å²) in [7, 11) is 1.61. The van der Waals surface area contributed by atoms with Gasteiger partial charge in [-0.1, -0.05) is 37.6 Å². The van der Waals surface area contributed by atoms with Crippen LogP contribution in [0.15, 0.2) is 48.5 Å². The van der Waals surface area contributed by atoms with Crippen LogP contribution in [0.25, 0.3) is 0 Å². The smallest absolute Gasteiger partial charge is 0.237 e. The quantitative estimate of drug-likeness (QED) is 0.732. The van der Waals surface area contributed by atoms with Crippen LogP contribution in [-0.2, 0) is 11.2 Å². The summed E-state index contributed by atoms with van der Waals surface area (Å²) in [6.07, 6.45) is 2.04. The Balaban J connectivity index is 0.00000338. The Hall–Kier alpha value is -2.11. The molecule has 0 spiro atoms. The van der Waals surface area contributed by atoms with E-state index in [0.717, 1.165) is 23.3 Å². The van der Waals surface area contributed by atoms with Crippen molar-refractivity contribution in [3.63, 3.8) is 0 Å². The second kappa shape index (κ2) is 10.8. The van der Waals surface area contributed by atoms with Crippen LogP contribution in [0.5, 0.6) is 5.75 Å². The zero-order valence-electron chi connectivity index (χ0n) is 15.1. The molecule has 3 N–H and O–H groups in total. The molecule has 2 aromatic rings. The van der Waals surface area contributed by atoms with Crippen LogP contribution in [-0.4, -0.2) is 19.1 Å². The molecule has 0 fully saturated rings. The molecule has 1 amide bonds. The predicted octanol–water partition coefficient (Wildman–Crippen LogP) is 3.78. The maximum absolute atomic E-state index is 13.1. The largest absolute Gasteiger partial charge is 0.497 e. The van der Waals surface area contributed by atoms with Crippen molar-refractivity contribution in [3.05, 3.63) is 65.5 Å². The lowest BCUT2D eigenvalue weighted by Gasteiger charge is -2.22. The molecule has 0 aliphatic carbocycles. The first-order valence-electron chi connectivity index (χ1n) is 8.47. The highest BCUT2D eigenvalue weighted by Crippen LogP contribution is 2.22. The number of halogens is 2. The highest BCUT2D eigenvalue weighted by molar-refractivity contribution is 5.85. The van der Waals surface area contributed by atoms with Gasteiger partial charge in [0.2, 0.25) is 5.91 Å². The molecule has 26 heavy (non-hydrogen) atoms. The Kier molecular flexibility index (Phi) is 9.10. The first-order chi connectivity index (χ1) is 12.0. The second-order valence-corrected chi connectivity index (χ2v) is 6.06. The summed E-state index contributed by atoms with van der Waals surface area (Å²) in [5.74, 6) is 0.293. The van der Waals surface area contributed by atoms with Crippen LogP contribution in [0.3, 0.4) is 0 Å². The molecule has 2 rings (SSSR count). The Morgan fingerprint density at radius 1 is 1.15 bits per heavy atom. The molecule has 2 unspecified atom stereocenters. The Bertz CT molecular complexity index is 677. The summed E-state index contributed by atoms with van der Waals surface area (Å²) in [6.45, 7) is 1.99. The number of nitrogens with two attached hydrogens (primary N) is 1. The van der Waals surface area contributed by atoms with Gasteiger partial charge in [-0.25, -0.2) is 4.39 Å². The lowest BCUT2D eigenvalue weighted by Crippen LogP contribution is -2.42. The highest BCUT2D eigenvalue weighted by Gasteiger charge is 2.19. The fourth-order valence-electron chi connectivity index (χ4n) is 2.67. The van der Waals surface area contributed by atoms with Gasteiger partial charge < -0.3 is 15.8 Å². The highest BCUT2D eigenvalue weighted by atomic mass is 35.5. The van der Waals surface area contributed by atoms with Crippen LogP contribution in [0.4, 0.5) is 4.39 Å². The van der Waals surface area contributed by atoms with Gasteiger partial charge in [0.05, 0.1) is 19.2 Å². The zero-order chi connectivity index (χ0) is 18.2. The second-order valence-electron chi connectivity index (χ2n) is 6.06. The zero-order valence-corrected chi connectivity index (χ0v) is 15.9. The van der Waals surface area contributed by atoms with E-state index in [0.29, 0.717) is 12.8 Å². The fourth-order valence-corrected chi connectivity index (χ4v) is 2.67. The lowest BCUT2D eigenvalue weighted by molar-refractivity contribution is -0.123. The van der Waals surface area contributed by atoms with Crippen LogP contribution in [0.2, 0.25) is 0 Å². The maximum atomic E-state index is 13.1. The lowest BCUT2D eigenvalue weighted by atomic mass is 9.98. The molecule has 0 aliphatic heterocycles. The number of methoxy groups -OCH3 is 1. The van der Waals surface area contributed by atoms with Crippen molar-refractivity contribution in [2.45, 2.75) is 38.3 Å². The van der Waals surface area contributed by atoms with Gasteiger partial charge in [-0.3, -0.25) is 4.79 Å². The third-order valence-electron chi connectivity index (χ3n) is 4.12. The van der Waals surface area contributed by atoms with Gasteiger partial charge in [-0.15, -0.1) is 12.4 Å². The summed E-state index contributed by atoms with van der Waals surface area (Å²) in [5.41, 5.74) is 7.81. The molecule has 0 aromatic heterocycles. The molecule has 2 aromatic carbocycles. The number of benzene rings is 2. The summed E-state index contributed by atoms with van der Waals surface area (Å²) < 4.78 is 18.3. The molecule has 0 bridgehead atoms. The first kappa shape index (κ1) is 21.9. The molecule has 2 atom stereocenters. The number of carbonyl (C=O) groups is 1. The summed E-state index contributed by atoms with van der Waals surface area (Å²) in [5, 5.41) is 3.02. The van der Waals surface area contributed by atoms with Crippen molar-refractivity contribution in [2.24, 2.45) is 5.73 Å². The van der Waals surface area contributed by atoms with E-state index in [1.807, 2.05) is 31.2 Å². The molecular weight excluding hydrogens is 355 g/mol. The van der Waals surface area contributed by atoms with E-state index in [1.165, 1.54) is 12.1 Å². The number of carbonyl (C=O) groups excluding carboxylic acids is 1. The predicted molar refractivity (Wildman–Crippen MR) is 104 cm³/mol. The molecular formula is C20H26ClFN2O2. The SMILES string of the molecule is CCCC(N)C(=O)NC(Cc1ccc(F)cc1)c1ccc(OC)cc1.Cl. The third kappa shape index (κ3) is 6.32. The third-order valence-corrected chi connectivity index (χ3v) is 4.12. The van der Waals surface area contributed by atoms with Gasteiger partial charge in [0, 0.05) is 0 Å². The monoisotopic (exact) mass is 380 g/mol. The van der Waals surface area contributed by atoms with Crippen molar-refractivity contribution in [1.29, 1.82) is 0 Å². The van der Waals surface area contributed by atoms with Crippen molar-refractivity contribution in [3.8, 4) is 5.75 Å². The molecule has 0 radical (unpaired) electrons. The molecule has 0 heterocycles. The average Bonchev–Trinajstić information content (AvgIpc) is 2.63. The van der Waals surface area contributed by atoms with E-state index in [2.05, 4.69) is 5.32 Å². The van der Waals surface area contributed by atoms with Crippen LogP contribution in [0.1, 0.15) is 36.9 Å². The van der Waals surface area contributed by atoms with Gasteiger partial charge in [0.25, 0.3) is 0 Å². The van der Waals surface area contributed by atoms with E-state index < -0.39 is 6.04 Å². The Labute approximate surface area is 160 Å². The summed E-state index contributed by atoms with van der Waals surface area (Å²) in [4.78, 5) is 12.4. The normalized spacial score (nSPS) is 12.6. The van der Waals surface area contributed by atoms with E-state index in [-0.39, 0.29) is 30.2 Å². The molecule has 0 saturated carbocycles. The minimum atomic E-state index is -0.529. The van der Waals surface area contributed by atoms with Gasteiger partial charge in [0.1, 0.15) is 11.6 Å². The van der Waals surface area contributed by atoms with Gasteiger partial charge in [0.15, 0.2) is 0 Å². The van der Waals surface area contributed by atoms with E-state index in [1.54, 1.807) is 19.2 Å². The number of nitrogens with one attached hydrogen (secondary N) is 1. The number of hydrogen-bond donors (Lipinski definition) is 2. The van der Waals surface area contributed by atoms with E-state index in [9.17, 15) is 9.18 Å². The Morgan fingerprint density at radius 3 is 2.31 bits per heavy atom. The maximum Gasteiger partial charge on any atom is 0.237 e. The number of rotatable bonds is 8. The van der Waals surface area contributed by atoms with Crippen molar-refractivity contribution in [2.75, 3.05) is 7.11 Å².